The number of hydrogen-bond acceptors (Lipinski definition) is 3. The van der Waals surface area contributed by atoms with Crippen LogP contribution in [0.3, 0.4) is 0 Å². The van der Waals surface area contributed by atoms with Crippen LogP contribution in [0.5, 0.6) is 5.75 Å². The Morgan fingerprint density at radius 3 is 3.00 bits per heavy atom. The lowest BCUT2D eigenvalue weighted by atomic mass is 10.0. The molecule has 1 aliphatic heterocycles. The second kappa shape index (κ2) is 4.21. The fraction of sp³-hybridized carbons (Fsp3) is 0.500. The standard InChI is InChI=1S/C12H17NO2/c1-13-6-5-9-3-4-10(15-2)7-11(9)12(14)8-13/h3-4,7,12,14H,5-6,8H2,1-2H3. The lowest BCUT2D eigenvalue weighted by Gasteiger charge is -2.16. The van der Waals surface area contributed by atoms with Gasteiger partial charge in [0.05, 0.1) is 13.2 Å². The van der Waals surface area contributed by atoms with E-state index in [-0.39, 0.29) is 0 Å². The van der Waals surface area contributed by atoms with Gasteiger partial charge < -0.3 is 14.7 Å². The van der Waals surface area contributed by atoms with Gasteiger partial charge in [-0.15, -0.1) is 0 Å². The van der Waals surface area contributed by atoms with Crippen molar-refractivity contribution in [3.05, 3.63) is 29.3 Å². The van der Waals surface area contributed by atoms with Crippen LogP contribution < -0.4 is 4.74 Å². The smallest absolute Gasteiger partial charge is 0.119 e. The number of benzene rings is 1. The average molecular weight is 207 g/mol. The van der Waals surface area contributed by atoms with Crippen LogP contribution in [0.4, 0.5) is 0 Å². The highest BCUT2D eigenvalue weighted by atomic mass is 16.5. The van der Waals surface area contributed by atoms with E-state index in [0.29, 0.717) is 6.54 Å². The van der Waals surface area contributed by atoms with Crippen LogP contribution >= 0.6 is 0 Å². The molecule has 0 spiro atoms. The summed E-state index contributed by atoms with van der Waals surface area (Å²) in [7, 11) is 3.68. The van der Waals surface area contributed by atoms with Crippen molar-refractivity contribution in [1.82, 2.24) is 4.90 Å². The van der Waals surface area contributed by atoms with Crippen molar-refractivity contribution < 1.29 is 9.84 Å². The first kappa shape index (κ1) is 10.5. The number of methoxy groups -OCH3 is 1. The van der Waals surface area contributed by atoms with E-state index in [0.717, 1.165) is 24.3 Å². The Balaban J connectivity index is 2.36. The van der Waals surface area contributed by atoms with E-state index in [1.807, 2.05) is 19.2 Å². The minimum absolute atomic E-state index is 0.400. The first-order chi connectivity index (χ1) is 7.20. The summed E-state index contributed by atoms with van der Waals surface area (Å²) in [6.45, 7) is 1.69. The Morgan fingerprint density at radius 2 is 2.27 bits per heavy atom. The molecule has 0 saturated heterocycles. The van der Waals surface area contributed by atoms with E-state index in [1.54, 1.807) is 7.11 Å². The highest BCUT2D eigenvalue weighted by molar-refractivity contribution is 5.38. The van der Waals surface area contributed by atoms with Gasteiger partial charge in [-0.05, 0) is 36.7 Å². The van der Waals surface area contributed by atoms with Crippen molar-refractivity contribution in [1.29, 1.82) is 0 Å². The van der Waals surface area contributed by atoms with Crippen molar-refractivity contribution >= 4 is 0 Å². The third-order valence-electron chi connectivity index (χ3n) is 2.96. The van der Waals surface area contributed by atoms with Crippen molar-refractivity contribution in [2.24, 2.45) is 0 Å². The molecule has 1 aromatic rings. The topological polar surface area (TPSA) is 32.7 Å². The lowest BCUT2D eigenvalue weighted by molar-refractivity contribution is 0.133. The molecule has 1 N–H and O–H groups in total. The second-order valence-electron chi connectivity index (χ2n) is 4.09. The number of rotatable bonds is 1. The summed E-state index contributed by atoms with van der Waals surface area (Å²) in [4.78, 5) is 2.15. The van der Waals surface area contributed by atoms with E-state index in [4.69, 9.17) is 4.74 Å². The molecule has 0 saturated carbocycles. The van der Waals surface area contributed by atoms with Crippen molar-refractivity contribution in [2.75, 3.05) is 27.2 Å². The molecule has 0 bridgehead atoms. The number of aliphatic hydroxyl groups excluding tert-OH is 1. The van der Waals surface area contributed by atoms with Crippen LogP contribution in [-0.2, 0) is 6.42 Å². The van der Waals surface area contributed by atoms with Gasteiger partial charge in [0, 0.05) is 13.1 Å². The Bertz CT molecular complexity index is 351. The quantitative estimate of drug-likeness (QED) is 0.751. The minimum Gasteiger partial charge on any atom is -0.497 e. The molecule has 0 aliphatic carbocycles. The highest BCUT2D eigenvalue weighted by Crippen LogP contribution is 2.26. The van der Waals surface area contributed by atoms with Crippen molar-refractivity contribution in [3.63, 3.8) is 0 Å². The number of likely N-dealkylation sites (N-methyl/N-ethyl adjacent to an activating group) is 1. The number of nitrogens with zero attached hydrogens (tertiary/aromatic N) is 1. The minimum atomic E-state index is -0.400. The van der Waals surface area contributed by atoms with Gasteiger partial charge in [-0.1, -0.05) is 6.07 Å². The van der Waals surface area contributed by atoms with Gasteiger partial charge >= 0.3 is 0 Å². The monoisotopic (exact) mass is 207 g/mol. The average Bonchev–Trinajstić information content (AvgIpc) is 2.38. The molecule has 0 fully saturated rings. The first-order valence-corrected chi connectivity index (χ1v) is 5.24. The molecule has 2 rings (SSSR count). The summed E-state index contributed by atoms with van der Waals surface area (Å²) in [5.41, 5.74) is 2.24. The molecule has 0 amide bonds. The maximum atomic E-state index is 10.0. The number of fused-ring (bicyclic) bond motifs is 1. The summed E-state index contributed by atoms with van der Waals surface area (Å²) >= 11 is 0. The van der Waals surface area contributed by atoms with Gasteiger partial charge in [0.25, 0.3) is 0 Å². The molecule has 0 aromatic heterocycles. The fourth-order valence-electron chi connectivity index (χ4n) is 2.03. The van der Waals surface area contributed by atoms with Crippen molar-refractivity contribution in [2.45, 2.75) is 12.5 Å². The SMILES string of the molecule is COc1ccc2c(c1)C(O)CN(C)CC2. The largest absolute Gasteiger partial charge is 0.497 e. The van der Waals surface area contributed by atoms with Crippen LogP contribution in [0, 0.1) is 0 Å². The molecule has 1 atom stereocenters. The molecule has 1 unspecified atom stereocenters. The van der Waals surface area contributed by atoms with Crippen LogP contribution in [0.1, 0.15) is 17.2 Å². The Hall–Kier alpha value is -1.06. The molecule has 1 aliphatic rings. The third-order valence-corrected chi connectivity index (χ3v) is 2.96. The summed E-state index contributed by atoms with van der Waals surface area (Å²) in [6, 6.07) is 5.95. The van der Waals surface area contributed by atoms with E-state index in [1.165, 1.54) is 5.56 Å². The molecular weight excluding hydrogens is 190 g/mol. The van der Waals surface area contributed by atoms with Gasteiger partial charge in [0.1, 0.15) is 5.75 Å². The predicted octanol–water partition coefficient (Wildman–Crippen LogP) is 1.22. The molecule has 3 nitrogen and oxygen atoms in total. The van der Waals surface area contributed by atoms with Crippen molar-refractivity contribution in [3.8, 4) is 5.75 Å². The maximum Gasteiger partial charge on any atom is 0.119 e. The van der Waals surface area contributed by atoms with Gasteiger partial charge in [-0.3, -0.25) is 0 Å². The molecule has 3 heteroatoms. The summed E-state index contributed by atoms with van der Waals surface area (Å²) in [6.07, 6.45) is 0.593. The third kappa shape index (κ3) is 2.13. The molecule has 15 heavy (non-hydrogen) atoms. The van der Waals surface area contributed by atoms with Crippen LogP contribution in [0.25, 0.3) is 0 Å². The Kier molecular flexibility index (Phi) is 2.93. The fourth-order valence-corrected chi connectivity index (χ4v) is 2.03. The summed E-state index contributed by atoms with van der Waals surface area (Å²) < 4.78 is 5.17. The zero-order chi connectivity index (χ0) is 10.8. The van der Waals surface area contributed by atoms with Crippen LogP contribution in [0.2, 0.25) is 0 Å². The first-order valence-electron chi connectivity index (χ1n) is 5.24. The molecule has 1 aromatic carbocycles. The van der Waals surface area contributed by atoms with Crippen LogP contribution in [-0.4, -0.2) is 37.3 Å². The van der Waals surface area contributed by atoms with E-state index in [9.17, 15) is 5.11 Å². The number of aliphatic hydroxyl groups is 1. The molecule has 1 heterocycles. The zero-order valence-electron chi connectivity index (χ0n) is 9.23. The molecule has 0 radical (unpaired) electrons. The van der Waals surface area contributed by atoms with Gasteiger partial charge in [-0.2, -0.15) is 0 Å². The van der Waals surface area contributed by atoms with Crippen LogP contribution in [0.15, 0.2) is 18.2 Å². The highest BCUT2D eigenvalue weighted by Gasteiger charge is 2.19. The Morgan fingerprint density at radius 1 is 1.47 bits per heavy atom. The number of ether oxygens (including phenoxy) is 1. The summed E-state index contributed by atoms with van der Waals surface area (Å²) in [5, 5.41) is 10.0. The summed E-state index contributed by atoms with van der Waals surface area (Å²) in [5.74, 6) is 0.817. The number of hydrogen-bond donors (Lipinski definition) is 1. The molecule has 82 valence electrons. The normalized spacial score (nSPS) is 21.9. The number of β-amino-alcohol motifs (C(OH)–C–C–N with tert-alkyl or cyclic N) is 1. The zero-order valence-corrected chi connectivity index (χ0v) is 9.23. The van der Waals surface area contributed by atoms with E-state index >= 15 is 0 Å². The van der Waals surface area contributed by atoms with Gasteiger partial charge in [-0.25, -0.2) is 0 Å². The second-order valence-corrected chi connectivity index (χ2v) is 4.09. The van der Waals surface area contributed by atoms with E-state index in [2.05, 4.69) is 11.0 Å². The maximum absolute atomic E-state index is 10.0. The predicted molar refractivity (Wildman–Crippen MR) is 59.2 cm³/mol. The Labute approximate surface area is 90.3 Å². The lowest BCUT2D eigenvalue weighted by Crippen LogP contribution is -2.23. The molecular formula is C12H17NO2. The van der Waals surface area contributed by atoms with Gasteiger partial charge in [0.2, 0.25) is 0 Å². The van der Waals surface area contributed by atoms with Gasteiger partial charge in [0.15, 0.2) is 0 Å². The van der Waals surface area contributed by atoms with E-state index < -0.39 is 6.10 Å².